The van der Waals surface area contributed by atoms with Gasteiger partial charge in [0.2, 0.25) is 5.91 Å². The highest BCUT2D eigenvalue weighted by Crippen LogP contribution is 2.29. The number of amides is 2. The van der Waals surface area contributed by atoms with Gasteiger partial charge >= 0.3 is 0 Å². The Balaban J connectivity index is 2.80. The van der Waals surface area contributed by atoms with Crippen LogP contribution in [-0.4, -0.2) is 27.1 Å². The standard InChI is InChI=1S/C12H13Cl3N2O2/c13-12(14,15)11(19)17(7-6-10(16)18)8-9-4-2-1-3-5-9/h1-5H,6-8H2,(H2,16,18). The minimum atomic E-state index is -2.05. The van der Waals surface area contributed by atoms with E-state index in [1.807, 2.05) is 30.3 Å². The van der Waals surface area contributed by atoms with Crippen molar-refractivity contribution in [1.82, 2.24) is 4.90 Å². The Morgan fingerprint density at radius 1 is 1.16 bits per heavy atom. The van der Waals surface area contributed by atoms with Crippen LogP contribution in [0.25, 0.3) is 0 Å². The molecule has 1 aromatic carbocycles. The number of nitrogens with two attached hydrogens (primary N) is 1. The zero-order valence-corrected chi connectivity index (χ0v) is 12.3. The maximum absolute atomic E-state index is 12.0. The zero-order chi connectivity index (χ0) is 14.5. The van der Waals surface area contributed by atoms with Gasteiger partial charge in [-0.25, -0.2) is 0 Å². The van der Waals surface area contributed by atoms with E-state index in [4.69, 9.17) is 40.5 Å². The minimum Gasteiger partial charge on any atom is -0.370 e. The molecule has 2 N–H and O–H groups in total. The molecule has 0 heterocycles. The molecular formula is C12H13Cl3N2O2. The second-order valence-electron chi connectivity index (χ2n) is 3.93. The molecule has 0 bridgehead atoms. The highest BCUT2D eigenvalue weighted by Gasteiger charge is 2.35. The maximum atomic E-state index is 12.0. The van der Waals surface area contributed by atoms with Crippen LogP contribution in [0, 0.1) is 0 Å². The molecular weight excluding hydrogens is 311 g/mol. The van der Waals surface area contributed by atoms with Crippen molar-refractivity contribution in [3.05, 3.63) is 35.9 Å². The lowest BCUT2D eigenvalue weighted by Crippen LogP contribution is -2.40. The molecule has 0 aliphatic rings. The van der Waals surface area contributed by atoms with Crippen LogP contribution >= 0.6 is 34.8 Å². The Morgan fingerprint density at radius 2 is 1.74 bits per heavy atom. The maximum Gasteiger partial charge on any atom is 0.275 e. The molecule has 7 heteroatoms. The molecule has 0 aliphatic carbocycles. The van der Waals surface area contributed by atoms with Crippen molar-refractivity contribution in [3.63, 3.8) is 0 Å². The van der Waals surface area contributed by atoms with Crippen molar-refractivity contribution < 1.29 is 9.59 Å². The normalized spacial score (nSPS) is 11.1. The largest absolute Gasteiger partial charge is 0.370 e. The number of alkyl halides is 3. The first-order valence-corrected chi connectivity index (χ1v) is 6.62. The summed E-state index contributed by atoms with van der Waals surface area (Å²) in [6, 6.07) is 9.20. The first kappa shape index (κ1) is 16.1. The van der Waals surface area contributed by atoms with E-state index in [1.54, 1.807) is 0 Å². The number of halogens is 3. The molecule has 4 nitrogen and oxygen atoms in total. The van der Waals surface area contributed by atoms with Crippen LogP contribution in [0.3, 0.4) is 0 Å². The van der Waals surface area contributed by atoms with Crippen molar-refractivity contribution in [2.45, 2.75) is 16.8 Å². The van der Waals surface area contributed by atoms with Crippen LogP contribution in [0.5, 0.6) is 0 Å². The van der Waals surface area contributed by atoms with Gasteiger partial charge in [0.25, 0.3) is 9.70 Å². The van der Waals surface area contributed by atoms with E-state index in [2.05, 4.69) is 0 Å². The number of hydrogen-bond donors (Lipinski definition) is 1. The van der Waals surface area contributed by atoms with Gasteiger partial charge < -0.3 is 10.6 Å². The van der Waals surface area contributed by atoms with E-state index in [1.165, 1.54) is 4.90 Å². The third kappa shape index (κ3) is 5.68. The second-order valence-corrected chi connectivity index (χ2v) is 6.21. The number of hydrogen-bond acceptors (Lipinski definition) is 2. The Morgan fingerprint density at radius 3 is 2.21 bits per heavy atom. The number of rotatable bonds is 5. The van der Waals surface area contributed by atoms with Crippen LogP contribution in [0.4, 0.5) is 0 Å². The fourth-order valence-electron chi connectivity index (χ4n) is 1.48. The van der Waals surface area contributed by atoms with Crippen molar-refractivity contribution in [3.8, 4) is 0 Å². The van der Waals surface area contributed by atoms with E-state index in [-0.39, 0.29) is 19.5 Å². The molecule has 0 unspecified atom stereocenters. The summed E-state index contributed by atoms with van der Waals surface area (Å²) in [6.07, 6.45) is 0.0132. The molecule has 19 heavy (non-hydrogen) atoms. The van der Waals surface area contributed by atoms with Crippen LogP contribution in [-0.2, 0) is 16.1 Å². The molecule has 0 fully saturated rings. The smallest absolute Gasteiger partial charge is 0.275 e. The predicted molar refractivity (Wildman–Crippen MR) is 76.0 cm³/mol. The summed E-state index contributed by atoms with van der Waals surface area (Å²) in [7, 11) is 0. The topological polar surface area (TPSA) is 63.4 Å². The highest BCUT2D eigenvalue weighted by atomic mass is 35.6. The average molecular weight is 324 g/mol. The molecule has 0 aliphatic heterocycles. The molecule has 1 rings (SSSR count). The number of nitrogens with zero attached hydrogens (tertiary/aromatic N) is 1. The van der Waals surface area contributed by atoms with Crippen LogP contribution in [0.1, 0.15) is 12.0 Å². The number of primary amides is 1. The molecule has 2 amide bonds. The van der Waals surface area contributed by atoms with Gasteiger partial charge in [-0.05, 0) is 5.56 Å². The van der Waals surface area contributed by atoms with Crippen LogP contribution in [0.2, 0.25) is 0 Å². The summed E-state index contributed by atoms with van der Waals surface area (Å²) in [6.45, 7) is 0.359. The molecule has 0 saturated carbocycles. The highest BCUT2D eigenvalue weighted by molar-refractivity contribution is 6.76. The lowest BCUT2D eigenvalue weighted by molar-refractivity contribution is -0.131. The van der Waals surface area contributed by atoms with Gasteiger partial charge in [0.15, 0.2) is 0 Å². The summed E-state index contributed by atoms with van der Waals surface area (Å²) in [5.41, 5.74) is 5.94. The lowest BCUT2D eigenvalue weighted by Gasteiger charge is -2.25. The molecule has 0 radical (unpaired) electrons. The summed E-state index contributed by atoms with van der Waals surface area (Å²) in [4.78, 5) is 24.1. The minimum absolute atomic E-state index is 0.0132. The fraction of sp³-hybridized carbons (Fsp3) is 0.333. The molecule has 104 valence electrons. The molecule has 0 saturated heterocycles. The van der Waals surface area contributed by atoms with Crippen LogP contribution < -0.4 is 5.73 Å². The van der Waals surface area contributed by atoms with Gasteiger partial charge in [0, 0.05) is 19.5 Å². The molecule has 0 spiro atoms. The Bertz CT molecular complexity index is 446. The Kier molecular flexibility index (Phi) is 5.91. The third-order valence-electron chi connectivity index (χ3n) is 2.37. The summed E-state index contributed by atoms with van der Waals surface area (Å²) in [5.74, 6) is -1.20. The monoisotopic (exact) mass is 322 g/mol. The lowest BCUT2D eigenvalue weighted by atomic mass is 10.2. The van der Waals surface area contributed by atoms with Crippen molar-refractivity contribution in [2.24, 2.45) is 5.73 Å². The zero-order valence-electron chi connectivity index (χ0n) is 9.98. The van der Waals surface area contributed by atoms with E-state index >= 15 is 0 Å². The van der Waals surface area contributed by atoms with Gasteiger partial charge in [0.05, 0.1) is 0 Å². The summed E-state index contributed by atoms with van der Waals surface area (Å²) >= 11 is 16.8. The molecule has 0 aromatic heterocycles. The average Bonchev–Trinajstić information content (AvgIpc) is 2.33. The summed E-state index contributed by atoms with van der Waals surface area (Å²) in [5, 5.41) is 0. The van der Waals surface area contributed by atoms with Crippen molar-refractivity contribution >= 4 is 46.6 Å². The number of carbonyl (C=O) groups is 2. The molecule has 0 atom stereocenters. The van der Waals surface area contributed by atoms with E-state index in [0.29, 0.717) is 0 Å². The van der Waals surface area contributed by atoms with Gasteiger partial charge in [-0.3, -0.25) is 9.59 Å². The SMILES string of the molecule is NC(=O)CCN(Cc1ccccc1)C(=O)C(Cl)(Cl)Cl. The van der Waals surface area contributed by atoms with Gasteiger partial charge in [0.1, 0.15) is 0 Å². The first-order valence-electron chi connectivity index (χ1n) is 5.49. The van der Waals surface area contributed by atoms with E-state index < -0.39 is 15.6 Å². The van der Waals surface area contributed by atoms with Crippen molar-refractivity contribution in [1.29, 1.82) is 0 Å². The van der Waals surface area contributed by atoms with Crippen molar-refractivity contribution in [2.75, 3.05) is 6.54 Å². The number of benzene rings is 1. The quantitative estimate of drug-likeness (QED) is 0.845. The van der Waals surface area contributed by atoms with E-state index in [0.717, 1.165) is 5.56 Å². The third-order valence-corrected chi connectivity index (χ3v) is 2.86. The van der Waals surface area contributed by atoms with Gasteiger partial charge in [-0.1, -0.05) is 65.1 Å². The van der Waals surface area contributed by atoms with Gasteiger partial charge in [-0.2, -0.15) is 0 Å². The fourth-order valence-corrected chi connectivity index (χ4v) is 1.84. The van der Waals surface area contributed by atoms with E-state index in [9.17, 15) is 9.59 Å². The molecule has 1 aromatic rings. The number of carbonyl (C=O) groups excluding carboxylic acids is 2. The second kappa shape index (κ2) is 6.98. The Hall–Kier alpha value is -0.970. The summed E-state index contributed by atoms with van der Waals surface area (Å²) < 4.78 is -2.05. The first-order chi connectivity index (χ1) is 8.80. The predicted octanol–water partition coefficient (Wildman–Crippen LogP) is 2.26. The Labute approximate surface area is 126 Å². The van der Waals surface area contributed by atoms with Gasteiger partial charge in [-0.15, -0.1) is 0 Å². The van der Waals surface area contributed by atoms with Crippen LogP contribution in [0.15, 0.2) is 30.3 Å².